The standard InChI is InChI=1S/C16H16N4/c1-10-8-13(17)16(18-9-10)20-14-5-3-4-12-7-6-11(2)19-15(12)14/h3-9H,17H2,1-2H3,(H,18,20). The van der Waals surface area contributed by atoms with Gasteiger partial charge in [0.1, 0.15) is 0 Å². The van der Waals surface area contributed by atoms with Gasteiger partial charge in [0.15, 0.2) is 5.82 Å². The van der Waals surface area contributed by atoms with Crippen molar-refractivity contribution in [3.63, 3.8) is 0 Å². The van der Waals surface area contributed by atoms with Crippen LogP contribution >= 0.6 is 0 Å². The third-order valence-electron chi connectivity index (χ3n) is 3.17. The van der Waals surface area contributed by atoms with Crippen LogP contribution in [0, 0.1) is 13.8 Å². The van der Waals surface area contributed by atoms with Gasteiger partial charge in [-0.2, -0.15) is 0 Å². The van der Waals surface area contributed by atoms with Gasteiger partial charge in [-0.05, 0) is 37.6 Å². The van der Waals surface area contributed by atoms with Gasteiger partial charge in [0, 0.05) is 17.3 Å². The van der Waals surface area contributed by atoms with E-state index in [2.05, 4.69) is 21.4 Å². The molecule has 0 radical (unpaired) electrons. The van der Waals surface area contributed by atoms with Crippen molar-refractivity contribution < 1.29 is 0 Å². The molecule has 4 nitrogen and oxygen atoms in total. The normalized spacial score (nSPS) is 10.7. The molecule has 0 aliphatic carbocycles. The van der Waals surface area contributed by atoms with Gasteiger partial charge in [-0.3, -0.25) is 4.98 Å². The van der Waals surface area contributed by atoms with Crippen LogP contribution in [0.2, 0.25) is 0 Å². The first kappa shape index (κ1) is 12.4. The van der Waals surface area contributed by atoms with Crippen LogP contribution in [-0.2, 0) is 0 Å². The summed E-state index contributed by atoms with van der Waals surface area (Å²) in [7, 11) is 0. The molecule has 3 N–H and O–H groups in total. The summed E-state index contributed by atoms with van der Waals surface area (Å²) in [6.45, 7) is 3.95. The molecule has 0 amide bonds. The monoisotopic (exact) mass is 264 g/mol. The molecular formula is C16H16N4. The van der Waals surface area contributed by atoms with E-state index in [1.807, 2.05) is 44.2 Å². The number of rotatable bonds is 2. The largest absolute Gasteiger partial charge is 0.396 e. The molecule has 0 unspecified atom stereocenters. The average Bonchev–Trinajstić information content (AvgIpc) is 2.42. The van der Waals surface area contributed by atoms with Gasteiger partial charge in [-0.1, -0.05) is 18.2 Å². The lowest BCUT2D eigenvalue weighted by molar-refractivity contribution is 1.24. The van der Waals surface area contributed by atoms with Gasteiger partial charge < -0.3 is 11.1 Å². The van der Waals surface area contributed by atoms with Crippen molar-refractivity contribution in [2.45, 2.75) is 13.8 Å². The highest BCUT2D eigenvalue weighted by atomic mass is 15.0. The number of benzene rings is 1. The summed E-state index contributed by atoms with van der Waals surface area (Å²) in [6.07, 6.45) is 1.79. The molecule has 0 saturated heterocycles. The molecule has 4 heteroatoms. The van der Waals surface area contributed by atoms with Gasteiger partial charge in [-0.25, -0.2) is 4.98 Å². The molecule has 0 atom stereocenters. The van der Waals surface area contributed by atoms with E-state index in [0.29, 0.717) is 11.5 Å². The Bertz CT molecular complexity index is 781. The number of hydrogen-bond donors (Lipinski definition) is 2. The van der Waals surface area contributed by atoms with Crippen LogP contribution in [0.3, 0.4) is 0 Å². The van der Waals surface area contributed by atoms with Crippen molar-refractivity contribution in [1.82, 2.24) is 9.97 Å². The maximum atomic E-state index is 6.00. The van der Waals surface area contributed by atoms with Crippen LogP contribution in [0.15, 0.2) is 42.6 Å². The first-order valence-corrected chi connectivity index (χ1v) is 6.49. The number of aryl methyl sites for hydroxylation is 2. The molecule has 100 valence electrons. The fourth-order valence-electron chi connectivity index (χ4n) is 2.17. The second-order valence-corrected chi connectivity index (χ2v) is 4.91. The molecule has 20 heavy (non-hydrogen) atoms. The molecule has 0 spiro atoms. The van der Waals surface area contributed by atoms with Crippen LogP contribution in [0.4, 0.5) is 17.2 Å². The van der Waals surface area contributed by atoms with Crippen molar-refractivity contribution in [2.24, 2.45) is 0 Å². The summed E-state index contributed by atoms with van der Waals surface area (Å²) < 4.78 is 0. The minimum Gasteiger partial charge on any atom is -0.396 e. The molecule has 3 rings (SSSR count). The molecule has 3 aromatic rings. The molecule has 1 aromatic carbocycles. The Kier molecular flexibility index (Phi) is 2.99. The Balaban J connectivity index is 2.08. The third kappa shape index (κ3) is 2.28. The summed E-state index contributed by atoms with van der Waals surface area (Å²) in [4.78, 5) is 8.93. The van der Waals surface area contributed by atoms with E-state index in [9.17, 15) is 0 Å². The highest BCUT2D eigenvalue weighted by Crippen LogP contribution is 2.27. The Morgan fingerprint density at radius 3 is 2.75 bits per heavy atom. The van der Waals surface area contributed by atoms with Gasteiger partial charge in [0.05, 0.1) is 16.9 Å². The molecule has 2 heterocycles. The molecule has 0 bridgehead atoms. The summed E-state index contributed by atoms with van der Waals surface area (Å²) in [5.74, 6) is 0.659. The zero-order chi connectivity index (χ0) is 14.1. The molecule has 0 fully saturated rings. The van der Waals surface area contributed by atoms with E-state index in [1.54, 1.807) is 6.20 Å². The van der Waals surface area contributed by atoms with Crippen molar-refractivity contribution in [3.05, 3.63) is 53.9 Å². The highest BCUT2D eigenvalue weighted by molar-refractivity contribution is 5.92. The fourth-order valence-corrected chi connectivity index (χ4v) is 2.17. The lowest BCUT2D eigenvalue weighted by Gasteiger charge is -2.11. The first-order chi connectivity index (χ1) is 9.63. The zero-order valence-electron chi connectivity index (χ0n) is 11.5. The highest BCUT2D eigenvalue weighted by Gasteiger charge is 2.06. The summed E-state index contributed by atoms with van der Waals surface area (Å²) >= 11 is 0. The lowest BCUT2D eigenvalue weighted by Crippen LogP contribution is -2.00. The van der Waals surface area contributed by atoms with Crippen molar-refractivity contribution in [1.29, 1.82) is 0 Å². The van der Waals surface area contributed by atoms with Crippen LogP contribution in [-0.4, -0.2) is 9.97 Å². The number of nitrogen functional groups attached to an aromatic ring is 1. The number of fused-ring (bicyclic) bond motifs is 1. The molecule has 0 aliphatic heterocycles. The summed E-state index contributed by atoms with van der Waals surface area (Å²) in [6, 6.07) is 12.0. The second kappa shape index (κ2) is 4.81. The third-order valence-corrected chi connectivity index (χ3v) is 3.17. The van der Waals surface area contributed by atoms with Crippen LogP contribution in [0.5, 0.6) is 0 Å². The van der Waals surface area contributed by atoms with Gasteiger partial charge in [0.2, 0.25) is 0 Å². The molecule has 0 aliphatic rings. The number of para-hydroxylation sites is 1. The van der Waals surface area contributed by atoms with E-state index < -0.39 is 0 Å². The van der Waals surface area contributed by atoms with E-state index in [0.717, 1.165) is 27.8 Å². The average molecular weight is 264 g/mol. The molecular weight excluding hydrogens is 248 g/mol. The van der Waals surface area contributed by atoms with E-state index in [4.69, 9.17) is 5.73 Å². The van der Waals surface area contributed by atoms with Crippen LogP contribution in [0.1, 0.15) is 11.3 Å². The lowest BCUT2D eigenvalue weighted by atomic mass is 10.1. The number of aromatic nitrogens is 2. The van der Waals surface area contributed by atoms with Crippen molar-refractivity contribution in [3.8, 4) is 0 Å². The number of nitrogens with one attached hydrogen (secondary N) is 1. The Labute approximate surface area is 117 Å². The second-order valence-electron chi connectivity index (χ2n) is 4.91. The smallest absolute Gasteiger partial charge is 0.153 e. The maximum Gasteiger partial charge on any atom is 0.153 e. The van der Waals surface area contributed by atoms with E-state index in [1.165, 1.54) is 0 Å². The topological polar surface area (TPSA) is 63.8 Å². The number of hydrogen-bond acceptors (Lipinski definition) is 4. The quantitative estimate of drug-likeness (QED) is 0.742. The predicted molar refractivity (Wildman–Crippen MR) is 83.1 cm³/mol. The maximum absolute atomic E-state index is 6.00. The number of nitrogens with zero attached hydrogens (tertiary/aromatic N) is 2. The van der Waals surface area contributed by atoms with Crippen molar-refractivity contribution >= 4 is 28.1 Å². The summed E-state index contributed by atoms with van der Waals surface area (Å²) in [5, 5.41) is 4.36. The minimum atomic E-state index is 0.634. The Morgan fingerprint density at radius 1 is 1.10 bits per heavy atom. The van der Waals surface area contributed by atoms with E-state index in [-0.39, 0.29) is 0 Å². The Morgan fingerprint density at radius 2 is 1.95 bits per heavy atom. The predicted octanol–water partition coefficient (Wildman–Crippen LogP) is 3.57. The number of pyridine rings is 2. The molecule has 0 saturated carbocycles. The number of nitrogens with two attached hydrogens (primary N) is 1. The Hall–Kier alpha value is -2.62. The van der Waals surface area contributed by atoms with Crippen molar-refractivity contribution in [2.75, 3.05) is 11.1 Å². The zero-order valence-corrected chi connectivity index (χ0v) is 11.5. The SMILES string of the molecule is Cc1cnc(Nc2cccc3ccc(C)nc23)c(N)c1. The van der Waals surface area contributed by atoms with Crippen LogP contribution < -0.4 is 11.1 Å². The first-order valence-electron chi connectivity index (χ1n) is 6.49. The number of anilines is 3. The minimum absolute atomic E-state index is 0.634. The van der Waals surface area contributed by atoms with Gasteiger partial charge in [-0.15, -0.1) is 0 Å². The van der Waals surface area contributed by atoms with E-state index >= 15 is 0 Å². The van der Waals surface area contributed by atoms with Crippen LogP contribution in [0.25, 0.3) is 10.9 Å². The summed E-state index contributed by atoms with van der Waals surface area (Å²) in [5.41, 5.74) is 10.5. The molecule has 2 aromatic heterocycles. The fraction of sp³-hybridized carbons (Fsp3) is 0.125. The van der Waals surface area contributed by atoms with Gasteiger partial charge in [0.25, 0.3) is 0 Å². The van der Waals surface area contributed by atoms with Gasteiger partial charge >= 0.3 is 0 Å².